The molecule has 6 nitrogen and oxygen atoms in total. The smallest absolute Gasteiger partial charge is 0.154 e. The number of alkyl halides is 2. The van der Waals surface area contributed by atoms with Crippen LogP contribution in [0.25, 0.3) is 11.0 Å². The maximum Gasteiger partial charge on any atom is 0.154 e. The average molecular weight is 1040 g/mol. The van der Waals surface area contributed by atoms with Crippen molar-refractivity contribution in [2.75, 3.05) is 9.86 Å². The molecule has 0 amide bonds. The fourth-order valence-corrected chi connectivity index (χ4v) is 2.97. The number of halogens is 7. The number of nitrogens with zero attached hydrogens (tertiary/aromatic N) is 6. The molecule has 0 aliphatic carbocycles. The molecule has 0 unspecified atom stereocenters. The molecule has 0 spiro atoms. The molecule has 0 atom stereocenters. The Balaban J connectivity index is 0.000000236. The second-order valence-corrected chi connectivity index (χ2v) is 45.2. The molecular formula is C19H21Cl2I5N6-2. The van der Waals surface area contributed by atoms with Crippen LogP contribution in [0.1, 0.15) is 17.2 Å². The Bertz CT molecular complexity index is 1170. The maximum absolute atomic E-state index is 5.90. The van der Waals surface area contributed by atoms with Crippen molar-refractivity contribution >= 4 is 83.3 Å². The van der Waals surface area contributed by atoms with Crippen LogP contribution in [0.3, 0.4) is 0 Å². The first-order valence-corrected chi connectivity index (χ1v) is 33.6. The summed E-state index contributed by atoms with van der Waals surface area (Å²) in [6.07, 6.45) is 13.5. The third-order valence-electron chi connectivity index (χ3n) is 3.69. The summed E-state index contributed by atoms with van der Waals surface area (Å²) in [6, 6.07) is 0. The van der Waals surface area contributed by atoms with Crippen molar-refractivity contribution in [1.82, 2.24) is 28.7 Å². The molecule has 4 rings (SSSR count). The molecule has 0 N–H and O–H groups in total. The Hall–Kier alpha value is 1.03. The van der Waals surface area contributed by atoms with E-state index in [-0.39, 0.29) is 29.1 Å². The zero-order chi connectivity index (χ0) is 24.3. The van der Waals surface area contributed by atoms with E-state index in [0.29, 0.717) is 27.5 Å². The quantitative estimate of drug-likeness (QED) is 0.161. The van der Waals surface area contributed by atoms with Gasteiger partial charge < -0.3 is 4.40 Å². The Morgan fingerprint density at radius 2 is 1.56 bits per heavy atom. The van der Waals surface area contributed by atoms with E-state index in [2.05, 4.69) is 71.0 Å². The Morgan fingerprint density at radius 3 is 2.03 bits per heavy atom. The van der Waals surface area contributed by atoms with E-state index in [4.69, 9.17) is 29.6 Å². The number of hydrogen-bond acceptors (Lipinski definition) is 4. The van der Waals surface area contributed by atoms with Gasteiger partial charge in [-0.2, -0.15) is 0 Å². The number of imidazole rings is 2. The van der Waals surface area contributed by atoms with E-state index in [1.165, 1.54) is 0 Å². The topological polar surface area (TPSA) is 60.4 Å². The number of hydrogen-bond donors (Lipinski definition) is 0. The van der Waals surface area contributed by atoms with Crippen LogP contribution in [0.5, 0.6) is 0 Å². The maximum atomic E-state index is 5.90. The third kappa shape index (κ3) is 9.95. The second kappa shape index (κ2) is 16.7. The van der Waals surface area contributed by atoms with Crippen LogP contribution in [0.4, 0.5) is 0 Å². The molecule has 0 aliphatic heterocycles. The van der Waals surface area contributed by atoms with Gasteiger partial charge in [0.1, 0.15) is 16.9 Å². The second-order valence-electron chi connectivity index (χ2n) is 5.65. The minimum absolute atomic E-state index is 0.108. The van der Waals surface area contributed by atoms with Crippen LogP contribution in [0.2, 0.25) is 10.3 Å². The largest absolute Gasteiger partial charge is 0.302 e. The van der Waals surface area contributed by atoms with Crippen molar-refractivity contribution in [3.05, 3.63) is 58.6 Å². The zero-order valence-corrected chi connectivity index (χ0v) is 30.1. The van der Waals surface area contributed by atoms with Crippen LogP contribution in [0.15, 0.2) is 31.1 Å². The number of terminal acetylenes is 1. The van der Waals surface area contributed by atoms with Gasteiger partial charge in [0, 0.05) is 24.8 Å². The molecule has 4 heterocycles. The van der Waals surface area contributed by atoms with Crippen LogP contribution in [0, 0.1) is 31.1 Å². The molecule has 0 saturated heterocycles. The SMILES string of the molecule is C#C[I-]I.C[I-]I(C)I.Cc1nc(C)n2ccnc(Cl)c12.Cc1ncn2ccnc(Cl)c12. The fourth-order valence-electron chi connectivity index (χ4n) is 2.40. The Labute approximate surface area is 242 Å². The van der Waals surface area contributed by atoms with Crippen LogP contribution < -0.4 is 34.5 Å². The normalized spacial score (nSPS) is 10.4. The van der Waals surface area contributed by atoms with Crippen molar-refractivity contribution in [3.63, 3.8) is 0 Å². The summed E-state index contributed by atoms with van der Waals surface area (Å²) >= 11 is 17.2. The van der Waals surface area contributed by atoms with Gasteiger partial charge in [0.05, 0.1) is 17.7 Å². The standard InChI is InChI=1S/C8H8ClN3.C7H6ClN3.C2H6I3.C2HI2/c1-5-7-8(9)10-3-4-12(7)6(2)11-5;1-5-6-7(8)9-2-3-11(6)4-10-5;1-4-5(2)3;1-2-4-3/h3-4H,1-2H3;2-4H,1H3;1-2H3;1H/q;;2*-1. The van der Waals surface area contributed by atoms with Gasteiger partial charge in [-0.05, 0) is 20.8 Å². The van der Waals surface area contributed by atoms with Gasteiger partial charge in [0.25, 0.3) is 0 Å². The van der Waals surface area contributed by atoms with Crippen molar-refractivity contribution in [1.29, 1.82) is 0 Å². The van der Waals surface area contributed by atoms with Gasteiger partial charge in [0.2, 0.25) is 0 Å². The summed E-state index contributed by atoms with van der Waals surface area (Å²) in [6.45, 7) is 5.77. The van der Waals surface area contributed by atoms with Crippen molar-refractivity contribution in [2.24, 2.45) is 0 Å². The molecule has 0 fully saturated rings. The van der Waals surface area contributed by atoms with Gasteiger partial charge in [-0.15, -0.1) is 0 Å². The summed E-state index contributed by atoms with van der Waals surface area (Å²) in [5.41, 5.74) is 3.61. The molecular weight excluding hydrogens is 1020 g/mol. The van der Waals surface area contributed by atoms with Crippen LogP contribution >= 0.6 is 72.3 Å². The van der Waals surface area contributed by atoms with Gasteiger partial charge in [-0.3, -0.25) is 4.40 Å². The van der Waals surface area contributed by atoms with Gasteiger partial charge in [-0.1, -0.05) is 23.2 Å². The summed E-state index contributed by atoms with van der Waals surface area (Å²) in [4.78, 5) is 21.1. The van der Waals surface area contributed by atoms with E-state index in [1.807, 2.05) is 42.0 Å². The minimum atomic E-state index is -0.202. The third-order valence-corrected chi connectivity index (χ3v) is 28.6. The molecule has 0 bridgehead atoms. The molecule has 4 aromatic heterocycles. The van der Waals surface area contributed by atoms with Gasteiger partial charge in [0.15, 0.2) is 10.3 Å². The first kappa shape index (κ1) is 31.1. The van der Waals surface area contributed by atoms with Gasteiger partial charge in [-0.25, -0.2) is 19.9 Å². The van der Waals surface area contributed by atoms with Gasteiger partial charge >= 0.3 is 104 Å². The number of fused-ring (bicyclic) bond motifs is 2. The predicted molar refractivity (Wildman–Crippen MR) is 153 cm³/mol. The Morgan fingerprint density at radius 1 is 1.03 bits per heavy atom. The fraction of sp³-hybridized carbons (Fsp3) is 0.263. The molecule has 0 radical (unpaired) electrons. The summed E-state index contributed by atoms with van der Waals surface area (Å²) in [5, 5.41) is 1.01. The number of aromatic nitrogens is 6. The van der Waals surface area contributed by atoms with E-state index in [9.17, 15) is 0 Å². The molecule has 32 heavy (non-hydrogen) atoms. The minimum Gasteiger partial charge on any atom is -0.302 e. The number of aryl methyl sites for hydroxylation is 3. The summed E-state index contributed by atoms with van der Waals surface area (Å²) in [5.74, 6) is 0.937. The first-order chi connectivity index (χ1) is 15.2. The molecule has 0 saturated carbocycles. The molecule has 4 aromatic rings. The average Bonchev–Trinajstić information content (AvgIpc) is 3.30. The van der Waals surface area contributed by atoms with E-state index < -0.39 is 0 Å². The zero-order valence-electron chi connectivity index (χ0n) is 17.8. The van der Waals surface area contributed by atoms with E-state index in [1.54, 1.807) is 18.7 Å². The Kier molecular flexibility index (Phi) is 16.2. The first-order valence-electron chi connectivity index (χ1n) is 8.54. The van der Waals surface area contributed by atoms with Crippen LogP contribution in [-0.2, 0) is 0 Å². The predicted octanol–water partition coefficient (Wildman–Crippen LogP) is 0.813. The molecule has 13 heteroatoms. The summed E-state index contributed by atoms with van der Waals surface area (Å²) < 4.78 is 6.31. The molecule has 0 aromatic carbocycles. The van der Waals surface area contributed by atoms with E-state index >= 15 is 0 Å². The van der Waals surface area contributed by atoms with Crippen molar-refractivity contribution < 1.29 is 34.5 Å². The van der Waals surface area contributed by atoms with Crippen molar-refractivity contribution in [2.45, 2.75) is 20.8 Å². The van der Waals surface area contributed by atoms with Crippen molar-refractivity contribution in [3.8, 4) is 10.4 Å². The van der Waals surface area contributed by atoms with E-state index in [0.717, 1.165) is 28.2 Å². The summed E-state index contributed by atoms with van der Waals surface area (Å²) in [7, 11) is 0. The molecule has 178 valence electrons. The van der Waals surface area contributed by atoms with Crippen LogP contribution in [-0.4, -0.2) is 38.6 Å². The number of rotatable bonds is 1. The molecule has 0 aliphatic rings. The monoisotopic (exact) mass is 1040 g/mol.